The molecule has 2 aromatic rings. The number of unbranched alkanes of at least 4 members (excludes halogenated alkanes) is 2. The van der Waals surface area contributed by atoms with Crippen molar-refractivity contribution in [3.63, 3.8) is 0 Å². The number of rotatable bonds is 4. The summed E-state index contributed by atoms with van der Waals surface area (Å²) in [6, 6.07) is 19.1. The van der Waals surface area contributed by atoms with Crippen LogP contribution in [0, 0.1) is 11.6 Å². The van der Waals surface area contributed by atoms with E-state index in [0.717, 1.165) is 29.9 Å². The summed E-state index contributed by atoms with van der Waals surface area (Å²) >= 11 is 0. The molecule has 0 atom stereocenters. The Morgan fingerprint density at radius 3 is 1.85 bits per heavy atom. The average Bonchev–Trinajstić information content (AvgIpc) is 2.53. The minimum Gasteiger partial charge on any atom is -0.300 e. The Kier molecular flexibility index (Phi) is 5.22. The molecule has 0 aromatic heterocycles. The topological polar surface area (TPSA) is 17.1 Å². The van der Waals surface area contributed by atoms with Crippen LogP contribution in [0.15, 0.2) is 60.7 Å². The zero-order chi connectivity index (χ0) is 14.3. The van der Waals surface area contributed by atoms with Crippen molar-refractivity contribution in [2.75, 3.05) is 0 Å². The van der Waals surface area contributed by atoms with E-state index in [1.54, 1.807) is 0 Å². The maximum Gasteiger partial charge on any atom is 0.210 e. The summed E-state index contributed by atoms with van der Waals surface area (Å²) in [5, 5.41) is 1.63. The molecule has 102 valence electrons. The van der Waals surface area contributed by atoms with Gasteiger partial charge in [0, 0.05) is 17.0 Å². The molecule has 0 fully saturated rings. The molecule has 0 aliphatic carbocycles. The smallest absolute Gasteiger partial charge is 0.210 e. The molecule has 20 heavy (non-hydrogen) atoms. The fraction of sp³-hybridized carbons (Fsp3) is 0.222. The van der Waals surface area contributed by atoms with Crippen molar-refractivity contribution in [2.24, 2.45) is 0 Å². The zero-order valence-corrected chi connectivity index (χ0v) is 12.6. The second-order valence-corrected chi connectivity index (χ2v) is 7.15. The number of hydrogen-bond acceptors (Lipinski definition) is 1. The molecule has 0 saturated heterocycles. The van der Waals surface area contributed by atoms with E-state index < -0.39 is 7.14 Å². The molecule has 0 amide bonds. The summed E-state index contributed by atoms with van der Waals surface area (Å²) in [5.41, 5.74) is 3.07. The normalized spacial score (nSPS) is 10.7. The van der Waals surface area contributed by atoms with E-state index in [0.29, 0.717) is 0 Å². The lowest BCUT2D eigenvalue weighted by molar-refractivity contribution is 0.593. The Hall–Kier alpha value is -1.77. The Morgan fingerprint density at radius 2 is 1.40 bits per heavy atom. The van der Waals surface area contributed by atoms with E-state index >= 15 is 0 Å². The van der Waals surface area contributed by atoms with Crippen LogP contribution in [0.2, 0.25) is 0 Å². The first-order valence-electron chi connectivity index (χ1n) is 6.99. The first-order chi connectivity index (χ1) is 9.77. The molecule has 0 heterocycles. The molecule has 2 aromatic carbocycles. The Labute approximate surface area is 121 Å². The lowest BCUT2D eigenvalue weighted by Crippen LogP contribution is -2.14. The Morgan fingerprint density at radius 1 is 0.900 bits per heavy atom. The third-order valence-corrected chi connectivity index (χ3v) is 5.66. The molecule has 2 heteroatoms. The minimum absolute atomic E-state index is 0.806. The lowest BCUT2D eigenvalue weighted by Gasteiger charge is -2.12. The van der Waals surface area contributed by atoms with E-state index in [2.05, 4.69) is 18.5 Å². The van der Waals surface area contributed by atoms with Crippen molar-refractivity contribution in [1.82, 2.24) is 0 Å². The van der Waals surface area contributed by atoms with Gasteiger partial charge < -0.3 is 0 Å². The molecular formula is C18H19OP. The summed E-state index contributed by atoms with van der Waals surface area (Å²) in [7, 11) is -2.83. The fourth-order valence-electron chi connectivity index (χ4n) is 1.99. The summed E-state index contributed by atoms with van der Waals surface area (Å²) in [6.45, 7) is 2.13. The predicted octanol–water partition coefficient (Wildman–Crippen LogP) is 4.15. The standard InChI is InChI=1S/C18H19OP/c1-2-3-4-11-16-20(19,17-12-7-5-8-13-17)18-14-9-6-10-15-18/h5-10,12-15H,2-4H2,1H3. The van der Waals surface area contributed by atoms with E-state index in [9.17, 15) is 4.57 Å². The summed E-state index contributed by atoms with van der Waals surface area (Å²) < 4.78 is 13.4. The monoisotopic (exact) mass is 282 g/mol. The molecule has 0 aliphatic heterocycles. The van der Waals surface area contributed by atoms with Gasteiger partial charge in [-0.1, -0.05) is 79.9 Å². The van der Waals surface area contributed by atoms with Crippen molar-refractivity contribution in [1.29, 1.82) is 0 Å². The largest absolute Gasteiger partial charge is 0.300 e. The Balaban J connectivity index is 2.44. The summed E-state index contributed by atoms with van der Waals surface area (Å²) in [6.07, 6.45) is 2.96. The first-order valence-corrected chi connectivity index (χ1v) is 8.69. The van der Waals surface area contributed by atoms with Gasteiger partial charge in [-0.2, -0.15) is 0 Å². The van der Waals surface area contributed by atoms with Crippen LogP contribution in [0.3, 0.4) is 0 Å². The van der Waals surface area contributed by atoms with Crippen molar-refractivity contribution in [3.05, 3.63) is 60.7 Å². The van der Waals surface area contributed by atoms with Gasteiger partial charge in [-0.05, 0) is 12.1 Å². The summed E-state index contributed by atoms with van der Waals surface area (Å²) in [4.78, 5) is 0. The van der Waals surface area contributed by atoms with E-state index in [1.807, 2.05) is 60.7 Å². The maximum atomic E-state index is 13.4. The molecule has 0 bridgehead atoms. The van der Waals surface area contributed by atoms with Crippen molar-refractivity contribution < 1.29 is 4.57 Å². The fourth-order valence-corrected chi connectivity index (χ4v) is 4.06. The highest BCUT2D eigenvalue weighted by Gasteiger charge is 2.24. The van der Waals surface area contributed by atoms with Crippen LogP contribution in [-0.2, 0) is 4.57 Å². The first kappa shape index (κ1) is 14.6. The van der Waals surface area contributed by atoms with Crippen LogP contribution in [0.1, 0.15) is 26.2 Å². The quantitative estimate of drug-likeness (QED) is 0.467. The van der Waals surface area contributed by atoms with E-state index in [-0.39, 0.29) is 0 Å². The number of benzene rings is 2. The molecule has 2 rings (SSSR count). The van der Waals surface area contributed by atoms with E-state index in [4.69, 9.17) is 0 Å². The van der Waals surface area contributed by atoms with Gasteiger partial charge in [0.2, 0.25) is 7.14 Å². The maximum absolute atomic E-state index is 13.4. The van der Waals surface area contributed by atoms with Crippen LogP contribution in [-0.4, -0.2) is 0 Å². The molecule has 0 saturated carbocycles. The van der Waals surface area contributed by atoms with Crippen molar-refractivity contribution >= 4 is 17.8 Å². The highest BCUT2D eigenvalue weighted by Crippen LogP contribution is 2.41. The predicted molar refractivity (Wildman–Crippen MR) is 87.1 cm³/mol. The van der Waals surface area contributed by atoms with Crippen LogP contribution in [0.5, 0.6) is 0 Å². The van der Waals surface area contributed by atoms with Crippen LogP contribution < -0.4 is 10.6 Å². The number of hydrogen-bond donors (Lipinski definition) is 0. The van der Waals surface area contributed by atoms with Gasteiger partial charge in [-0.3, -0.25) is 4.57 Å². The zero-order valence-electron chi connectivity index (χ0n) is 11.8. The van der Waals surface area contributed by atoms with Gasteiger partial charge in [0.15, 0.2) is 0 Å². The molecule has 0 N–H and O–H groups in total. The van der Waals surface area contributed by atoms with E-state index in [1.165, 1.54) is 0 Å². The molecule has 0 radical (unpaired) electrons. The van der Waals surface area contributed by atoms with Gasteiger partial charge in [0.25, 0.3) is 0 Å². The molecule has 0 unspecified atom stereocenters. The highest BCUT2D eigenvalue weighted by atomic mass is 31.2. The van der Waals surface area contributed by atoms with Crippen LogP contribution in [0.25, 0.3) is 0 Å². The van der Waals surface area contributed by atoms with Crippen molar-refractivity contribution in [2.45, 2.75) is 26.2 Å². The average molecular weight is 282 g/mol. The SMILES string of the molecule is CCCCC#CP(=O)(c1ccccc1)c1ccccc1. The van der Waals surface area contributed by atoms with Gasteiger partial charge in [0.1, 0.15) is 0 Å². The molecule has 1 nitrogen and oxygen atoms in total. The van der Waals surface area contributed by atoms with Gasteiger partial charge in [-0.15, -0.1) is 0 Å². The van der Waals surface area contributed by atoms with Crippen LogP contribution >= 0.6 is 7.14 Å². The van der Waals surface area contributed by atoms with Gasteiger partial charge in [0.05, 0.1) is 0 Å². The van der Waals surface area contributed by atoms with Gasteiger partial charge in [-0.25, -0.2) is 0 Å². The van der Waals surface area contributed by atoms with Crippen LogP contribution in [0.4, 0.5) is 0 Å². The summed E-state index contributed by atoms with van der Waals surface area (Å²) in [5.74, 6) is 3.11. The second-order valence-electron chi connectivity index (χ2n) is 4.67. The van der Waals surface area contributed by atoms with Gasteiger partial charge >= 0.3 is 0 Å². The third kappa shape index (κ3) is 3.41. The molecule has 0 aliphatic rings. The molecule has 0 spiro atoms. The lowest BCUT2D eigenvalue weighted by atomic mass is 10.3. The Bertz CT molecular complexity index is 592. The highest BCUT2D eigenvalue weighted by molar-refractivity contribution is 7.83. The third-order valence-electron chi connectivity index (χ3n) is 3.13. The minimum atomic E-state index is -2.83. The second kappa shape index (κ2) is 7.13. The molecular weight excluding hydrogens is 263 g/mol. The van der Waals surface area contributed by atoms with Crippen molar-refractivity contribution in [3.8, 4) is 11.6 Å².